The molecule has 1 unspecified atom stereocenters. The fourth-order valence-corrected chi connectivity index (χ4v) is 2.47. The normalized spacial score (nSPS) is 19.0. The van der Waals surface area contributed by atoms with Gasteiger partial charge >= 0.3 is 0 Å². The second kappa shape index (κ2) is 7.88. The molecule has 0 aliphatic carbocycles. The topological polar surface area (TPSA) is 71.4 Å². The number of hydrogen-bond donors (Lipinski definition) is 2. The minimum atomic E-state index is -0.116. The SMILES string of the molecule is CN(C)CCn1ncc(NCC2COCCN2)c(Br)c1=O. The maximum atomic E-state index is 12.2. The Morgan fingerprint density at radius 3 is 3.10 bits per heavy atom. The minimum absolute atomic E-state index is 0.116. The molecule has 0 bridgehead atoms. The number of likely N-dealkylation sites (N-methyl/N-ethyl adjacent to an activating group) is 1. The van der Waals surface area contributed by atoms with Crippen LogP contribution in [0, 0.1) is 0 Å². The van der Waals surface area contributed by atoms with Gasteiger partial charge in [0.25, 0.3) is 5.56 Å². The molecule has 1 saturated heterocycles. The summed E-state index contributed by atoms with van der Waals surface area (Å²) in [7, 11) is 3.94. The molecular formula is C13H22BrN5O2. The molecule has 0 saturated carbocycles. The van der Waals surface area contributed by atoms with E-state index in [2.05, 4.69) is 31.7 Å². The lowest BCUT2D eigenvalue weighted by Crippen LogP contribution is -2.45. The zero-order valence-corrected chi connectivity index (χ0v) is 14.0. The van der Waals surface area contributed by atoms with E-state index in [9.17, 15) is 4.79 Å². The minimum Gasteiger partial charge on any atom is -0.381 e. The average molecular weight is 360 g/mol. The van der Waals surface area contributed by atoms with Crippen LogP contribution in [0.25, 0.3) is 0 Å². The van der Waals surface area contributed by atoms with Crippen molar-refractivity contribution >= 4 is 21.6 Å². The summed E-state index contributed by atoms with van der Waals surface area (Å²) in [5.41, 5.74) is 0.600. The second-order valence-electron chi connectivity index (χ2n) is 5.31. The van der Waals surface area contributed by atoms with Crippen molar-refractivity contribution in [2.24, 2.45) is 0 Å². The van der Waals surface area contributed by atoms with E-state index in [0.717, 1.165) is 19.7 Å². The number of aromatic nitrogens is 2. The van der Waals surface area contributed by atoms with Gasteiger partial charge in [0.15, 0.2) is 0 Å². The molecule has 8 heteroatoms. The fourth-order valence-electron chi connectivity index (χ4n) is 2.03. The molecule has 7 nitrogen and oxygen atoms in total. The molecule has 1 aliphatic heterocycles. The van der Waals surface area contributed by atoms with Gasteiger partial charge in [0.05, 0.1) is 31.6 Å². The number of hydrogen-bond acceptors (Lipinski definition) is 6. The van der Waals surface area contributed by atoms with Crippen molar-refractivity contribution in [1.82, 2.24) is 20.0 Å². The van der Waals surface area contributed by atoms with E-state index in [1.54, 1.807) is 6.20 Å². The highest BCUT2D eigenvalue weighted by atomic mass is 79.9. The first-order valence-corrected chi connectivity index (χ1v) is 7.82. The molecule has 21 heavy (non-hydrogen) atoms. The first kappa shape index (κ1) is 16.4. The largest absolute Gasteiger partial charge is 0.381 e. The molecule has 2 rings (SSSR count). The number of anilines is 1. The lowest BCUT2D eigenvalue weighted by Gasteiger charge is -2.24. The first-order valence-electron chi connectivity index (χ1n) is 7.03. The van der Waals surface area contributed by atoms with Crippen molar-refractivity contribution in [2.75, 3.05) is 52.3 Å². The number of halogens is 1. The summed E-state index contributed by atoms with van der Waals surface area (Å²) in [6.45, 7) is 4.33. The highest BCUT2D eigenvalue weighted by Crippen LogP contribution is 2.16. The molecule has 0 aromatic carbocycles. The Balaban J connectivity index is 1.97. The summed E-state index contributed by atoms with van der Waals surface area (Å²) < 4.78 is 7.39. The van der Waals surface area contributed by atoms with Crippen LogP contribution in [0.15, 0.2) is 15.5 Å². The summed E-state index contributed by atoms with van der Waals surface area (Å²) in [5.74, 6) is 0. The van der Waals surface area contributed by atoms with Gasteiger partial charge in [-0.15, -0.1) is 0 Å². The lowest BCUT2D eigenvalue weighted by atomic mass is 10.2. The van der Waals surface area contributed by atoms with Crippen LogP contribution in [0.4, 0.5) is 5.69 Å². The average Bonchev–Trinajstić information content (AvgIpc) is 2.48. The quantitative estimate of drug-likeness (QED) is 0.743. The molecule has 1 aliphatic rings. The number of nitrogens with zero attached hydrogens (tertiary/aromatic N) is 3. The van der Waals surface area contributed by atoms with Gasteiger partial charge in [0, 0.05) is 25.7 Å². The van der Waals surface area contributed by atoms with Crippen LogP contribution in [0.2, 0.25) is 0 Å². The Labute approximate surface area is 132 Å². The van der Waals surface area contributed by atoms with Gasteiger partial charge in [-0.2, -0.15) is 5.10 Å². The van der Waals surface area contributed by atoms with Crippen LogP contribution in [0.1, 0.15) is 0 Å². The Hall–Kier alpha value is -0.960. The summed E-state index contributed by atoms with van der Waals surface area (Å²) in [5, 5.41) is 10.8. The third-order valence-corrected chi connectivity index (χ3v) is 4.05. The zero-order valence-electron chi connectivity index (χ0n) is 12.4. The van der Waals surface area contributed by atoms with E-state index >= 15 is 0 Å². The Kier molecular flexibility index (Phi) is 6.16. The van der Waals surface area contributed by atoms with E-state index in [1.807, 2.05) is 19.0 Å². The number of nitrogens with one attached hydrogen (secondary N) is 2. The number of morpholine rings is 1. The van der Waals surface area contributed by atoms with Crippen LogP contribution < -0.4 is 16.2 Å². The van der Waals surface area contributed by atoms with Gasteiger partial charge in [-0.05, 0) is 30.0 Å². The Morgan fingerprint density at radius 2 is 2.43 bits per heavy atom. The predicted octanol–water partition coefficient (Wildman–Crippen LogP) is -0.0323. The van der Waals surface area contributed by atoms with E-state index in [-0.39, 0.29) is 11.6 Å². The maximum absolute atomic E-state index is 12.2. The van der Waals surface area contributed by atoms with Crippen molar-refractivity contribution in [3.63, 3.8) is 0 Å². The zero-order chi connectivity index (χ0) is 15.2. The number of ether oxygens (including phenoxy) is 1. The van der Waals surface area contributed by atoms with Gasteiger partial charge in [-0.1, -0.05) is 0 Å². The molecule has 0 amide bonds. The van der Waals surface area contributed by atoms with Crippen molar-refractivity contribution in [2.45, 2.75) is 12.6 Å². The summed E-state index contributed by atoms with van der Waals surface area (Å²) in [4.78, 5) is 14.2. The molecule has 1 atom stereocenters. The van der Waals surface area contributed by atoms with Crippen molar-refractivity contribution in [3.8, 4) is 0 Å². The van der Waals surface area contributed by atoms with Crippen molar-refractivity contribution in [3.05, 3.63) is 21.0 Å². The molecule has 0 spiro atoms. The van der Waals surface area contributed by atoms with Crippen LogP contribution in [0.3, 0.4) is 0 Å². The van der Waals surface area contributed by atoms with Crippen LogP contribution in [0.5, 0.6) is 0 Å². The third-order valence-electron chi connectivity index (χ3n) is 3.28. The molecular weight excluding hydrogens is 338 g/mol. The molecule has 2 N–H and O–H groups in total. The Morgan fingerprint density at radius 1 is 1.62 bits per heavy atom. The van der Waals surface area contributed by atoms with E-state index in [4.69, 9.17) is 4.74 Å². The lowest BCUT2D eigenvalue weighted by molar-refractivity contribution is 0.0806. The van der Waals surface area contributed by atoms with E-state index in [0.29, 0.717) is 29.9 Å². The van der Waals surface area contributed by atoms with Gasteiger partial charge in [-0.25, -0.2) is 4.68 Å². The smallest absolute Gasteiger partial charge is 0.283 e. The molecule has 118 valence electrons. The fraction of sp³-hybridized carbons (Fsp3) is 0.692. The number of rotatable bonds is 6. The van der Waals surface area contributed by atoms with Gasteiger partial charge in [-0.3, -0.25) is 4.79 Å². The predicted molar refractivity (Wildman–Crippen MR) is 85.9 cm³/mol. The molecule has 1 aromatic heterocycles. The third kappa shape index (κ3) is 4.77. The van der Waals surface area contributed by atoms with Crippen LogP contribution in [-0.2, 0) is 11.3 Å². The van der Waals surface area contributed by atoms with E-state index < -0.39 is 0 Å². The summed E-state index contributed by atoms with van der Waals surface area (Å²) in [6.07, 6.45) is 1.69. The highest BCUT2D eigenvalue weighted by molar-refractivity contribution is 9.10. The Bertz CT molecular complexity index is 514. The molecule has 1 aromatic rings. The van der Waals surface area contributed by atoms with Crippen molar-refractivity contribution < 1.29 is 4.74 Å². The van der Waals surface area contributed by atoms with E-state index in [1.165, 1.54) is 4.68 Å². The van der Waals surface area contributed by atoms with Crippen molar-refractivity contribution in [1.29, 1.82) is 0 Å². The van der Waals surface area contributed by atoms with Gasteiger partial charge in [0.1, 0.15) is 4.47 Å². The monoisotopic (exact) mass is 359 g/mol. The molecule has 2 heterocycles. The standard InChI is InChI=1S/C13H22BrN5O2/c1-18(2)4-5-19-13(20)12(14)11(8-17-19)16-7-10-9-21-6-3-15-10/h8,10,15-16H,3-7,9H2,1-2H3. The summed E-state index contributed by atoms with van der Waals surface area (Å²) in [6, 6.07) is 0.252. The van der Waals surface area contributed by atoms with Crippen LogP contribution in [-0.4, -0.2) is 67.7 Å². The second-order valence-corrected chi connectivity index (χ2v) is 6.10. The molecule has 0 radical (unpaired) electrons. The van der Waals surface area contributed by atoms with Gasteiger partial charge < -0.3 is 20.3 Å². The van der Waals surface area contributed by atoms with Gasteiger partial charge in [0.2, 0.25) is 0 Å². The molecule has 1 fully saturated rings. The maximum Gasteiger partial charge on any atom is 0.283 e. The summed E-state index contributed by atoms with van der Waals surface area (Å²) >= 11 is 3.36. The highest BCUT2D eigenvalue weighted by Gasteiger charge is 2.14. The van der Waals surface area contributed by atoms with Crippen LogP contribution >= 0.6 is 15.9 Å². The first-order chi connectivity index (χ1) is 10.1.